The van der Waals surface area contributed by atoms with Crippen molar-refractivity contribution >= 4 is 23.5 Å². The smallest absolute Gasteiger partial charge is 0.336 e. The lowest BCUT2D eigenvalue weighted by molar-refractivity contribution is -0.132. The zero-order valence-corrected chi connectivity index (χ0v) is 8.91. The number of ether oxygens (including phenoxy) is 1. The fourth-order valence-electron chi connectivity index (χ4n) is 1.63. The van der Waals surface area contributed by atoms with E-state index in [0.29, 0.717) is 16.2 Å². The van der Waals surface area contributed by atoms with Crippen LogP contribution in [-0.2, 0) is 9.53 Å². The van der Waals surface area contributed by atoms with Gasteiger partial charge in [-0.2, -0.15) is 0 Å². The first-order chi connectivity index (χ1) is 7.75. The predicted molar refractivity (Wildman–Crippen MR) is 58.9 cm³/mol. The van der Waals surface area contributed by atoms with Gasteiger partial charge >= 0.3 is 5.97 Å². The van der Waals surface area contributed by atoms with Gasteiger partial charge in [-0.3, -0.25) is 4.79 Å². The molecule has 0 atom stereocenters. The molecule has 78 valence electrons. The fraction of sp³-hybridized carbons (Fsp3) is 0. The highest BCUT2D eigenvalue weighted by molar-refractivity contribution is 8.04. The summed E-state index contributed by atoms with van der Waals surface area (Å²) < 4.78 is 4.93. The Labute approximate surface area is 95.8 Å². The van der Waals surface area contributed by atoms with Gasteiger partial charge < -0.3 is 4.74 Å². The maximum Gasteiger partial charge on any atom is 0.336 e. The highest BCUT2D eigenvalue weighted by atomic mass is 32.2. The molecule has 0 saturated heterocycles. The Morgan fingerprint density at radius 1 is 1.06 bits per heavy atom. The summed E-state index contributed by atoms with van der Waals surface area (Å²) in [4.78, 5) is 24.3. The first-order valence-corrected chi connectivity index (χ1v) is 5.53. The zero-order chi connectivity index (χ0) is 11.1. The molecule has 1 aromatic rings. The highest BCUT2D eigenvalue weighted by Crippen LogP contribution is 2.42. The lowest BCUT2D eigenvalue weighted by Gasteiger charge is -1.98. The van der Waals surface area contributed by atoms with Crippen molar-refractivity contribution < 1.29 is 14.3 Å². The minimum Gasteiger partial charge on any atom is -0.422 e. The molecule has 3 nitrogen and oxygen atoms in total. The molecule has 4 heteroatoms. The van der Waals surface area contributed by atoms with Gasteiger partial charge in [-0.25, -0.2) is 4.79 Å². The van der Waals surface area contributed by atoms with Crippen LogP contribution in [0.3, 0.4) is 0 Å². The van der Waals surface area contributed by atoms with Crippen LogP contribution < -0.4 is 0 Å². The average molecular weight is 230 g/mol. The van der Waals surface area contributed by atoms with E-state index >= 15 is 0 Å². The van der Waals surface area contributed by atoms with Crippen LogP contribution in [-0.4, -0.2) is 11.8 Å². The number of rotatable bonds is 0. The largest absolute Gasteiger partial charge is 0.422 e. The maximum absolute atomic E-state index is 12.0. The van der Waals surface area contributed by atoms with E-state index in [4.69, 9.17) is 4.74 Å². The minimum atomic E-state index is -0.424. The normalized spacial score (nSPS) is 22.5. The number of Topliss-reactive ketones (excluding diaryl/α,β-unsaturated/α-hetero) is 1. The summed E-state index contributed by atoms with van der Waals surface area (Å²) in [5.74, 6) is -0.141. The summed E-state index contributed by atoms with van der Waals surface area (Å²) in [6, 6.07) is 7.36. The van der Waals surface area contributed by atoms with Gasteiger partial charge in [-0.1, -0.05) is 23.9 Å². The Bertz CT molecular complexity index is 569. The Kier molecular flexibility index (Phi) is 1.97. The molecule has 0 bridgehead atoms. The van der Waals surface area contributed by atoms with Crippen molar-refractivity contribution in [1.82, 2.24) is 0 Å². The number of benzene rings is 1. The van der Waals surface area contributed by atoms with E-state index in [1.54, 1.807) is 6.07 Å². The van der Waals surface area contributed by atoms with E-state index < -0.39 is 5.97 Å². The number of hydrogen-bond acceptors (Lipinski definition) is 4. The predicted octanol–water partition coefficient (Wildman–Crippen LogP) is 2.30. The lowest BCUT2D eigenvalue weighted by Crippen LogP contribution is -1.99. The monoisotopic (exact) mass is 230 g/mol. The van der Waals surface area contributed by atoms with Crippen molar-refractivity contribution in [3.05, 3.63) is 52.6 Å². The Hall–Kier alpha value is -1.81. The van der Waals surface area contributed by atoms with Gasteiger partial charge in [0, 0.05) is 16.5 Å². The van der Waals surface area contributed by atoms with Crippen molar-refractivity contribution in [3.63, 3.8) is 0 Å². The van der Waals surface area contributed by atoms with E-state index in [1.807, 2.05) is 18.2 Å². The standard InChI is InChI=1S/C12H6O3S/c13-10-6-5-8(15-10)12-11(14)7-3-1-2-4-9(7)16-12/h1-6H/b12-8-. The third-order valence-corrected chi connectivity index (χ3v) is 3.52. The van der Waals surface area contributed by atoms with Crippen molar-refractivity contribution in [3.8, 4) is 0 Å². The Morgan fingerprint density at radius 2 is 1.88 bits per heavy atom. The van der Waals surface area contributed by atoms with Crippen molar-refractivity contribution in [2.75, 3.05) is 0 Å². The van der Waals surface area contributed by atoms with Crippen LogP contribution in [0.4, 0.5) is 0 Å². The molecule has 0 radical (unpaired) electrons. The SMILES string of the molecule is O=C1C=C/C(=C2/Sc3ccccc3C2=O)O1. The number of carbonyl (C=O) groups is 2. The zero-order valence-electron chi connectivity index (χ0n) is 8.10. The third kappa shape index (κ3) is 1.31. The van der Waals surface area contributed by atoms with E-state index in [9.17, 15) is 9.59 Å². The number of esters is 1. The molecule has 0 unspecified atom stereocenters. The van der Waals surface area contributed by atoms with E-state index in [2.05, 4.69) is 0 Å². The molecule has 2 aliphatic heterocycles. The molecule has 3 rings (SSSR count). The number of cyclic esters (lactones) is 1. The Balaban J connectivity index is 2.08. The van der Waals surface area contributed by atoms with E-state index in [1.165, 1.54) is 23.9 Å². The van der Waals surface area contributed by atoms with Crippen molar-refractivity contribution in [2.45, 2.75) is 4.90 Å². The fourth-order valence-corrected chi connectivity index (χ4v) is 2.68. The third-order valence-electron chi connectivity index (χ3n) is 2.36. The van der Waals surface area contributed by atoms with E-state index in [0.717, 1.165) is 4.90 Å². The molecule has 0 amide bonds. The second-order valence-corrected chi connectivity index (χ2v) is 4.43. The molecule has 1 aromatic carbocycles. The summed E-state index contributed by atoms with van der Waals surface area (Å²) in [6.45, 7) is 0. The van der Waals surface area contributed by atoms with Crippen LogP contribution in [0.1, 0.15) is 10.4 Å². The van der Waals surface area contributed by atoms with Gasteiger partial charge in [-0.15, -0.1) is 0 Å². The topological polar surface area (TPSA) is 43.4 Å². The summed E-state index contributed by atoms with van der Waals surface area (Å²) >= 11 is 1.35. The van der Waals surface area contributed by atoms with Crippen LogP contribution >= 0.6 is 11.8 Å². The second kappa shape index (κ2) is 3.35. The number of hydrogen-bond donors (Lipinski definition) is 0. The summed E-state index contributed by atoms with van der Waals surface area (Å²) in [5, 5.41) is 0. The quantitative estimate of drug-likeness (QED) is 0.506. The van der Waals surface area contributed by atoms with Gasteiger partial charge in [-0.05, 0) is 18.2 Å². The molecule has 2 heterocycles. The number of ketones is 1. The summed E-state index contributed by atoms with van der Waals surface area (Å²) in [5.41, 5.74) is 0.673. The molecule has 0 spiro atoms. The van der Waals surface area contributed by atoms with E-state index in [-0.39, 0.29) is 5.78 Å². The summed E-state index contributed by atoms with van der Waals surface area (Å²) in [6.07, 6.45) is 2.85. The molecule has 0 N–H and O–H groups in total. The minimum absolute atomic E-state index is 0.0741. The number of carbonyl (C=O) groups excluding carboxylic acids is 2. The van der Waals surface area contributed by atoms with Gasteiger partial charge in [0.25, 0.3) is 0 Å². The molecule has 2 aliphatic rings. The van der Waals surface area contributed by atoms with Gasteiger partial charge in [0.1, 0.15) is 10.7 Å². The molecule has 0 fully saturated rings. The van der Waals surface area contributed by atoms with Gasteiger partial charge in [0.05, 0.1) is 0 Å². The van der Waals surface area contributed by atoms with Crippen molar-refractivity contribution in [2.24, 2.45) is 0 Å². The average Bonchev–Trinajstić information content (AvgIpc) is 2.84. The number of thioether (sulfide) groups is 1. The Morgan fingerprint density at radius 3 is 2.56 bits per heavy atom. The van der Waals surface area contributed by atoms with Crippen LogP contribution in [0.5, 0.6) is 0 Å². The van der Waals surface area contributed by atoms with Crippen molar-refractivity contribution in [1.29, 1.82) is 0 Å². The molecule has 0 saturated carbocycles. The van der Waals surface area contributed by atoms with Crippen LogP contribution in [0.25, 0.3) is 0 Å². The van der Waals surface area contributed by atoms with Crippen LogP contribution in [0, 0.1) is 0 Å². The first kappa shape index (κ1) is 9.42. The first-order valence-electron chi connectivity index (χ1n) is 4.71. The van der Waals surface area contributed by atoms with Crippen LogP contribution in [0.15, 0.2) is 52.0 Å². The number of fused-ring (bicyclic) bond motifs is 1. The lowest BCUT2D eigenvalue weighted by atomic mass is 10.1. The maximum atomic E-state index is 12.0. The van der Waals surface area contributed by atoms with Crippen LogP contribution in [0.2, 0.25) is 0 Å². The summed E-state index contributed by atoms with van der Waals surface area (Å²) in [7, 11) is 0. The molecule has 0 aromatic heterocycles. The highest BCUT2D eigenvalue weighted by Gasteiger charge is 2.30. The van der Waals surface area contributed by atoms with Gasteiger partial charge in [0.15, 0.2) is 0 Å². The van der Waals surface area contributed by atoms with Gasteiger partial charge in [0.2, 0.25) is 5.78 Å². The molecule has 16 heavy (non-hydrogen) atoms. The number of allylic oxidation sites excluding steroid dienone is 2. The molecule has 0 aliphatic carbocycles. The molecular formula is C12H6O3S. The molecular weight excluding hydrogens is 224 g/mol. The second-order valence-electron chi connectivity index (χ2n) is 3.38.